The summed E-state index contributed by atoms with van der Waals surface area (Å²) in [6.45, 7) is 2.60. The second kappa shape index (κ2) is 19.0. The van der Waals surface area contributed by atoms with Gasteiger partial charge >= 0.3 is 36.8 Å². The van der Waals surface area contributed by atoms with Gasteiger partial charge in [0.15, 0.2) is 0 Å². The van der Waals surface area contributed by atoms with Gasteiger partial charge in [-0.2, -0.15) is 8.42 Å². The van der Waals surface area contributed by atoms with Crippen LogP contribution in [0.5, 0.6) is 0 Å². The average molecular weight is 456 g/mol. The van der Waals surface area contributed by atoms with Crippen molar-refractivity contribution in [3.05, 3.63) is 0 Å². The number of halogens is 1. The van der Waals surface area contributed by atoms with Gasteiger partial charge in [-0.25, -0.2) is 0 Å². The Kier molecular flexibility index (Phi) is 22.3. The fraction of sp³-hybridized carbons (Fsp3) is 1.00. The summed E-state index contributed by atoms with van der Waals surface area (Å²) in [5, 5.41) is 0. The first-order chi connectivity index (χ1) is 10.1. The molecule has 0 aromatic carbocycles. The Bertz CT molecular complexity index is 311. The summed E-state index contributed by atoms with van der Waals surface area (Å²) in [4.78, 5) is 0. The van der Waals surface area contributed by atoms with Crippen LogP contribution >= 0.6 is 21.2 Å². The molecule has 22 heavy (non-hydrogen) atoms. The maximum absolute atomic E-state index is 10.7. The van der Waals surface area contributed by atoms with E-state index in [1.807, 2.05) is 0 Å². The van der Waals surface area contributed by atoms with Gasteiger partial charge in [0.2, 0.25) is 0 Å². The van der Waals surface area contributed by atoms with Gasteiger partial charge in [-0.1, -0.05) is 90.4 Å². The zero-order chi connectivity index (χ0) is 15.8. The van der Waals surface area contributed by atoms with E-state index in [1.54, 1.807) is 0 Å². The van der Waals surface area contributed by atoms with Crippen LogP contribution in [0.4, 0.5) is 0 Å². The molecule has 3 nitrogen and oxygen atoms in total. The van der Waals surface area contributed by atoms with Crippen molar-refractivity contribution in [2.24, 2.45) is 0 Å². The second-order valence-corrected chi connectivity index (χ2v) is 10.1. The summed E-state index contributed by atoms with van der Waals surface area (Å²) in [6.07, 6.45) is 18.2. The molecule has 6 heteroatoms. The van der Waals surface area contributed by atoms with Gasteiger partial charge in [0, 0.05) is 0 Å². The summed E-state index contributed by atoms with van der Waals surface area (Å²) in [5.74, 6) is 0. The molecule has 0 aliphatic carbocycles. The van der Waals surface area contributed by atoms with E-state index in [1.165, 1.54) is 98.3 Å². The molecule has 0 aromatic rings. The van der Waals surface area contributed by atoms with E-state index in [9.17, 15) is 8.42 Å². The van der Waals surface area contributed by atoms with Gasteiger partial charge in [-0.15, -0.1) is 0 Å². The van der Waals surface area contributed by atoms with E-state index in [4.69, 9.17) is 4.18 Å². The van der Waals surface area contributed by atoms with E-state index in [0.29, 0.717) is 6.61 Å². The van der Waals surface area contributed by atoms with Crippen LogP contribution in [0.25, 0.3) is 0 Å². The van der Waals surface area contributed by atoms with Crippen molar-refractivity contribution in [3.8, 4) is 0 Å². The summed E-state index contributed by atoms with van der Waals surface area (Å²) in [5.41, 5.74) is 0. The minimum absolute atomic E-state index is 0. The van der Waals surface area contributed by atoms with Crippen LogP contribution in [0.3, 0.4) is 0 Å². The quantitative estimate of drug-likeness (QED) is 0.133. The molecule has 130 valence electrons. The van der Waals surface area contributed by atoms with E-state index >= 15 is 0 Å². The number of hydrogen-bond donors (Lipinski definition) is 0. The van der Waals surface area contributed by atoms with Gasteiger partial charge in [0.1, 0.15) is 21.2 Å². The van der Waals surface area contributed by atoms with Gasteiger partial charge in [-0.3, -0.25) is 4.18 Å². The summed E-state index contributed by atoms with van der Waals surface area (Å²) < 4.78 is 26.2. The van der Waals surface area contributed by atoms with Crippen molar-refractivity contribution in [2.75, 3.05) is 6.61 Å². The van der Waals surface area contributed by atoms with Gasteiger partial charge in [-0.05, 0) is 6.42 Å². The van der Waals surface area contributed by atoms with Crippen LogP contribution in [-0.2, 0) is 11.5 Å². The van der Waals surface area contributed by atoms with Gasteiger partial charge < -0.3 is 0 Å². The third-order valence-electron chi connectivity index (χ3n) is 3.72. The SMILES string of the molecule is CCCCCCCCCCCCCCCCOS(=O)(=O)I.[NaH]. The Morgan fingerprint density at radius 3 is 1.32 bits per heavy atom. The normalized spacial score (nSPS) is 11.4. The third-order valence-corrected chi connectivity index (χ3v) is 4.93. The zero-order valence-electron chi connectivity index (χ0n) is 13.6. The van der Waals surface area contributed by atoms with Crippen molar-refractivity contribution >= 4 is 58.1 Å². The number of rotatable bonds is 16. The monoisotopic (exact) mass is 456 g/mol. The predicted octanol–water partition coefficient (Wildman–Crippen LogP) is 5.52. The fourth-order valence-corrected chi connectivity index (χ4v) is 3.31. The molecule has 0 spiro atoms. The van der Waals surface area contributed by atoms with Crippen LogP contribution in [0.2, 0.25) is 0 Å². The predicted molar refractivity (Wildman–Crippen MR) is 106 cm³/mol. The van der Waals surface area contributed by atoms with Crippen LogP contribution in [0, 0.1) is 0 Å². The van der Waals surface area contributed by atoms with Gasteiger partial charge in [0.05, 0.1) is 6.61 Å². The molecule has 0 heterocycles. The standard InChI is InChI=1S/C16H33IO3S.Na.H/c1-2-3-4-5-6-7-8-9-10-11-12-13-14-15-16-20-21(17,18)19;;/h2-16H2,1H3;;. The Morgan fingerprint density at radius 2 is 1.00 bits per heavy atom. The molecule has 0 aromatic heterocycles. The Morgan fingerprint density at radius 1 is 0.682 bits per heavy atom. The first kappa shape index (κ1) is 25.9. The van der Waals surface area contributed by atoms with Crippen LogP contribution in [0.15, 0.2) is 0 Å². The maximum atomic E-state index is 10.7. The molecule has 0 rings (SSSR count). The van der Waals surface area contributed by atoms with Crippen molar-refractivity contribution in [3.63, 3.8) is 0 Å². The summed E-state index contributed by atoms with van der Waals surface area (Å²) >= 11 is 1.33. The molecule has 0 aliphatic heterocycles. The van der Waals surface area contributed by atoms with E-state index in [0.717, 1.165) is 12.8 Å². The molecule has 0 amide bonds. The Labute approximate surface area is 172 Å². The van der Waals surface area contributed by atoms with E-state index in [2.05, 4.69) is 6.92 Å². The van der Waals surface area contributed by atoms with Crippen LogP contribution in [-0.4, -0.2) is 44.6 Å². The topological polar surface area (TPSA) is 43.4 Å². The third kappa shape index (κ3) is 23.9. The molecular weight excluding hydrogens is 422 g/mol. The molecule has 0 unspecified atom stereocenters. The van der Waals surface area contributed by atoms with Crippen LogP contribution in [0.1, 0.15) is 96.8 Å². The molecule has 0 saturated carbocycles. The molecule has 0 aliphatic rings. The molecular formula is C16H34INaO3S. The molecule has 0 bridgehead atoms. The molecule has 0 N–H and O–H groups in total. The fourth-order valence-electron chi connectivity index (χ4n) is 2.46. The van der Waals surface area contributed by atoms with Crippen molar-refractivity contribution in [1.82, 2.24) is 0 Å². The van der Waals surface area contributed by atoms with E-state index < -0.39 is 7.29 Å². The zero-order valence-corrected chi connectivity index (χ0v) is 16.6. The molecule has 0 saturated heterocycles. The first-order valence-electron chi connectivity index (χ1n) is 8.65. The van der Waals surface area contributed by atoms with Gasteiger partial charge in [0.25, 0.3) is 0 Å². The summed E-state index contributed by atoms with van der Waals surface area (Å²) in [7, 11) is -3.27. The van der Waals surface area contributed by atoms with E-state index in [-0.39, 0.29) is 29.6 Å². The molecule has 0 fully saturated rings. The molecule has 0 atom stereocenters. The first-order valence-corrected chi connectivity index (χ1v) is 12.6. The Hall–Kier alpha value is 1.64. The minimum atomic E-state index is -3.27. The van der Waals surface area contributed by atoms with Crippen LogP contribution < -0.4 is 0 Å². The second-order valence-electron chi connectivity index (χ2n) is 5.81. The van der Waals surface area contributed by atoms with Crippen molar-refractivity contribution < 1.29 is 12.6 Å². The van der Waals surface area contributed by atoms with Crippen molar-refractivity contribution in [1.29, 1.82) is 0 Å². The number of hydrogen-bond acceptors (Lipinski definition) is 3. The average Bonchev–Trinajstić information content (AvgIpc) is 2.42. The number of unbranched alkanes of at least 4 members (excludes halogenated alkanes) is 13. The van der Waals surface area contributed by atoms with Crippen molar-refractivity contribution in [2.45, 2.75) is 96.8 Å². The molecule has 0 radical (unpaired) electrons. The summed E-state index contributed by atoms with van der Waals surface area (Å²) in [6, 6.07) is 0. The Balaban J connectivity index is 0.